The summed E-state index contributed by atoms with van der Waals surface area (Å²) in [5, 5.41) is 5.07. The highest BCUT2D eigenvalue weighted by Gasteiger charge is 2.21. The van der Waals surface area contributed by atoms with Gasteiger partial charge in [0.15, 0.2) is 0 Å². The first-order chi connectivity index (χ1) is 10.1. The first-order valence-electron chi connectivity index (χ1n) is 6.00. The Morgan fingerprint density at radius 1 is 1.18 bits per heavy atom. The van der Waals surface area contributed by atoms with Crippen molar-refractivity contribution >= 4 is 43.0 Å². The minimum Gasteiger partial charge on any atom is -0.225 e. The molecule has 0 saturated carbocycles. The lowest BCUT2D eigenvalue weighted by Crippen LogP contribution is -2.26. The lowest BCUT2D eigenvalue weighted by Gasteiger charge is -2.14. The van der Waals surface area contributed by atoms with Crippen molar-refractivity contribution in [3.05, 3.63) is 46.3 Å². The summed E-state index contributed by atoms with van der Waals surface area (Å²) in [6.45, 7) is 1.61. The van der Waals surface area contributed by atoms with E-state index in [1.165, 1.54) is 30.3 Å². The molecule has 2 aromatic rings. The molecule has 0 aliphatic carbocycles. The molecule has 120 valence electrons. The number of nitrogens with two attached hydrogens (primary N) is 1. The van der Waals surface area contributed by atoms with Crippen LogP contribution in [0.1, 0.15) is 18.5 Å². The molecule has 0 bridgehead atoms. The fraction of sp³-hybridized carbons (Fsp3) is 0.167. The van der Waals surface area contributed by atoms with Crippen LogP contribution >= 0.6 is 22.9 Å². The fourth-order valence-electron chi connectivity index (χ4n) is 1.76. The summed E-state index contributed by atoms with van der Waals surface area (Å²) in [7, 11) is -7.58. The van der Waals surface area contributed by atoms with Gasteiger partial charge < -0.3 is 0 Å². The monoisotopic (exact) mass is 380 g/mol. The zero-order valence-electron chi connectivity index (χ0n) is 11.4. The van der Waals surface area contributed by atoms with Crippen molar-refractivity contribution in [1.82, 2.24) is 4.72 Å². The summed E-state index contributed by atoms with van der Waals surface area (Å²) >= 11 is 6.68. The third-order valence-electron chi connectivity index (χ3n) is 2.83. The van der Waals surface area contributed by atoms with Crippen LogP contribution in [0.15, 0.2) is 45.5 Å². The molecule has 3 N–H and O–H groups in total. The maximum atomic E-state index is 12.2. The van der Waals surface area contributed by atoms with E-state index in [0.717, 1.165) is 11.3 Å². The van der Waals surface area contributed by atoms with Crippen LogP contribution < -0.4 is 9.86 Å². The molecule has 10 heteroatoms. The second-order valence-electron chi connectivity index (χ2n) is 4.52. The number of rotatable bonds is 5. The third-order valence-corrected chi connectivity index (χ3v) is 7.01. The second-order valence-corrected chi connectivity index (χ2v) is 9.74. The molecule has 0 fully saturated rings. The summed E-state index contributed by atoms with van der Waals surface area (Å²) in [5.74, 6) is 0. The van der Waals surface area contributed by atoms with Crippen LogP contribution in [0.2, 0.25) is 4.34 Å². The first kappa shape index (κ1) is 17.4. The molecule has 1 heterocycles. The zero-order valence-corrected chi connectivity index (χ0v) is 14.6. The van der Waals surface area contributed by atoms with E-state index in [4.69, 9.17) is 16.7 Å². The number of sulfonamides is 2. The van der Waals surface area contributed by atoms with Gasteiger partial charge in [0, 0.05) is 6.04 Å². The third kappa shape index (κ3) is 4.06. The normalized spacial score (nSPS) is 14.0. The van der Waals surface area contributed by atoms with Gasteiger partial charge >= 0.3 is 0 Å². The van der Waals surface area contributed by atoms with E-state index in [2.05, 4.69) is 4.72 Å². The minimum atomic E-state index is -3.84. The fourth-order valence-corrected chi connectivity index (χ4v) is 5.06. The summed E-state index contributed by atoms with van der Waals surface area (Å²) in [4.78, 5) is -0.0739. The predicted octanol–water partition coefficient (Wildman–Crippen LogP) is 2.09. The predicted molar refractivity (Wildman–Crippen MR) is 85.9 cm³/mol. The number of benzene rings is 1. The molecule has 22 heavy (non-hydrogen) atoms. The molecule has 2 rings (SSSR count). The Hall–Kier alpha value is -0.970. The lowest BCUT2D eigenvalue weighted by molar-refractivity contribution is 0.569. The maximum absolute atomic E-state index is 12.2. The van der Waals surface area contributed by atoms with Crippen LogP contribution in [0.3, 0.4) is 0 Å². The van der Waals surface area contributed by atoms with E-state index in [1.807, 2.05) is 0 Å². The van der Waals surface area contributed by atoms with E-state index >= 15 is 0 Å². The zero-order chi connectivity index (χ0) is 16.5. The molecule has 6 nitrogen and oxygen atoms in total. The average Bonchev–Trinajstić information content (AvgIpc) is 2.85. The maximum Gasteiger partial charge on any atom is 0.250 e. The highest BCUT2D eigenvalue weighted by molar-refractivity contribution is 7.91. The molecule has 1 unspecified atom stereocenters. The molecule has 1 aromatic heterocycles. The largest absolute Gasteiger partial charge is 0.250 e. The number of halogens is 1. The smallest absolute Gasteiger partial charge is 0.225 e. The van der Waals surface area contributed by atoms with Crippen LogP contribution in [0.25, 0.3) is 0 Å². The summed E-state index contributed by atoms with van der Waals surface area (Å²) in [5.41, 5.74) is 0.484. The SMILES string of the molecule is CC(NS(=O)(=O)c1ccc(Cl)s1)c1cccc(S(N)(=O)=O)c1. The van der Waals surface area contributed by atoms with Gasteiger partial charge in [0.05, 0.1) is 9.23 Å². The number of primary sulfonamides is 1. The molecule has 0 aliphatic rings. The Morgan fingerprint density at radius 2 is 1.86 bits per heavy atom. The Kier molecular flexibility index (Phi) is 4.95. The topological polar surface area (TPSA) is 106 Å². The van der Waals surface area contributed by atoms with E-state index < -0.39 is 26.1 Å². The highest BCUT2D eigenvalue weighted by atomic mass is 35.5. The van der Waals surface area contributed by atoms with Gasteiger partial charge in [-0.05, 0) is 36.8 Å². The number of hydrogen-bond acceptors (Lipinski definition) is 5. The molecular weight excluding hydrogens is 368 g/mol. The molecule has 0 aliphatic heterocycles. The Labute approximate surface area is 138 Å². The first-order valence-corrected chi connectivity index (χ1v) is 10.2. The van der Waals surface area contributed by atoms with Crippen LogP contribution in [0.4, 0.5) is 0 Å². The summed E-state index contributed by atoms with van der Waals surface area (Å²) < 4.78 is 50.0. The van der Waals surface area contributed by atoms with Gasteiger partial charge in [0.25, 0.3) is 10.0 Å². The van der Waals surface area contributed by atoms with E-state index in [9.17, 15) is 16.8 Å². The Balaban J connectivity index is 2.28. The molecule has 1 atom stereocenters. The molecule has 0 amide bonds. The van der Waals surface area contributed by atoms with Crippen molar-refractivity contribution in [2.75, 3.05) is 0 Å². The van der Waals surface area contributed by atoms with Crippen molar-refractivity contribution in [1.29, 1.82) is 0 Å². The summed E-state index contributed by atoms with van der Waals surface area (Å²) in [6, 6.07) is 8.07. The van der Waals surface area contributed by atoms with Gasteiger partial charge in [-0.3, -0.25) is 0 Å². The average molecular weight is 381 g/mol. The second kappa shape index (κ2) is 6.26. The van der Waals surface area contributed by atoms with Gasteiger partial charge in [-0.25, -0.2) is 26.7 Å². The minimum absolute atomic E-state index is 0.0739. The molecular formula is C12H13ClN2O4S3. The highest BCUT2D eigenvalue weighted by Crippen LogP contribution is 2.27. The van der Waals surface area contributed by atoms with E-state index in [0.29, 0.717) is 9.90 Å². The van der Waals surface area contributed by atoms with E-state index in [1.54, 1.807) is 13.0 Å². The lowest BCUT2D eigenvalue weighted by atomic mass is 10.1. The van der Waals surface area contributed by atoms with Crippen LogP contribution in [0.5, 0.6) is 0 Å². The van der Waals surface area contributed by atoms with Gasteiger partial charge in [-0.2, -0.15) is 0 Å². The van der Waals surface area contributed by atoms with Crippen LogP contribution in [-0.2, 0) is 20.0 Å². The molecule has 1 aromatic carbocycles. The van der Waals surface area contributed by atoms with Crippen molar-refractivity contribution in [3.63, 3.8) is 0 Å². The molecule has 0 spiro atoms. The van der Waals surface area contributed by atoms with Crippen LogP contribution in [-0.4, -0.2) is 16.8 Å². The summed E-state index contributed by atoms with van der Waals surface area (Å²) in [6.07, 6.45) is 0. The number of nitrogens with one attached hydrogen (secondary N) is 1. The van der Waals surface area contributed by atoms with Gasteiger partial charge in [0.1, 0.15) is 4.21 Å². The van der Waals surface area contributed by atoms with Crippen LogP contribution in [0, 0.1) is 0 Å². The number of thiophene rings is 1. The van der Waals surface area contributed by atoms with Gasteiger partial charge in [-0.1, -0.05) is 23.7 Å². The van der Waals surface area contributed by atoms with Gasteiger partial charge in [0.2, 0.25) is 10.0 Å². The molecule has 0 radical (unpaired) electrons. The van der Waals surface area contributed by atoms with Crippen molar-refractivity contribution in [3.8, 4) is 0 Å². The van der Waals surface area contributed by atoms with Gasteiger partial charge in [-0.15, -0.1) is 11.3 Å². The number of hydrogen-bond donors (Lipinski definition) is 2. The van der Waals surface area contributed by atoms with Crippen molar-refractivity contribution in [2.24, 2.45) is 5.14 Å². The van der Waals surface area contributed by atoms with Crippen molar-refractivity contribution in [2.45, 2.75) is 22.1 Å². The standard InChI is InChI=1S/C12H13ClN2O4S3/c1-8(9-3-2-4-10(7-9)21(14,16)17)15-22(18,19)12-6-5-11(13)20-12/h2-8,15H,1H3,(H2,14,16,17). The van der Waals surface area contributed by atoms with Crippen molar-refractivity contribution < 1.29 is 16.8 Å². The quantitative estimate of drug-likeness (QED) is 0.828. The Bertz CT molecular complexity index is 891. The van der Waals surface area contributed by atoms with E-state index in [-0.39, 0.29) is 9.10 Å². The Morgan fingerprint density at radius 3 is 2.41 bits per heavy atom. The molecule has 0 saturated heterocycles.